The van der Waals surface area contributed by atoms with Crippen LogP contribution in [0, 0.1) is 6.92 Å². The lowest BCUT2D eigenvalue weighted by Gasteiger charge is -2.23. The molecule has 1 aliphatic heterocycles. The number of ether oxygens (including phenoxy) is 1. The smallest absolute Gasteiger partial charge is 0.253 e. The lowest BCUT2D eigenvalue weighted by molar-refractivity contribution is -0.117. The summed E-state index contributed by atoms with van der Waals surface area (Å²) < 4.78 is 5.36. The van der Waals surface area contributed by atoms with Crippen molar-refractivity contribution >= 4 is 17.5 Å². The van der Waals surface area contributed by atoms with E-state index in [1.54, 1.807) is 18.1 Å². The monoisotopic (exact) mass is 310 g/mol. The van der Waals surface area contributed by atoms with E-state index >= 15 is 0 Å². The second-order valence-electron chi connectivity index (χ2n) is 5.50. The van der Waals surface area contributed by atoms with Gasteiger partial charge in [0.1, 0.15) is 5.75 Å². The van der Waals surface area contributed by atoms with Crippen LogP contribution in [0.2, 0.25) is 0 Å². The SMILES string of the molecule is COc1ccccc1CN1C(=O)CNC(=O)c2cc(C)ccc21. The number of carbonyl (C=O) groups excluding carboxylic acids is 2. The third-order valence-corrected chi connectivity index (χ3v) is 3.91. The van der Waals surface area contributed by atoms with Gasteiger partial charge in [-0.25, -0.2) is 0 Å². The van der Waals surface area contributed by atoms with Crippen molar-refractivity contribution in [2.24, 2.45) is 0 Å². The van der Waals surface area contributed by atoms with Crippen molar-refractivity contribution in [3.05, 3.63) is 59.2 Å². The van der Waals surface area contributed by atoms with E-state index in [2.05, 4.69) is 5.32 Å². The lowest BCUT2D eigenvalue weighted by Crippen LogP contribution is -2.36. The summed E-state index contributed by atoms with van der Waals surface area (Å²) >= 11 is 0. The van der Waals surface area contributed by atoms with Crippen LogP contribution in [-0.4, -0.2) is 25.5 Å². The topological polar surface area (TPSA) is 58.6 Å². The van der Waals surface area contributed by atoms with E-state index in [4.69, 9.17) is 4.74 Å². The molecule has 1 N–H and O–H groups in total. The molecule has 5 heteroatoms. The van der Waals surface area contributed by atoms with Crippen molar-refractivity contribution in [2.45, 2.75) is 13.5 Å². The highest BCUT2D eigenvalue weighted by Gasteiger charge is 2.27. The number of aryl methyl sites for hydroxylation is 1. The molecular weight excluding hydrogens is 292 g/mol. The van der Waals surface area contributed by atoms with Crippen LogP contribution < -0.4 is 15.0 Å². The van der Waals surface area contributed by atoms with Crippen molar-refractivity contribution in [3.8, 4) is 5.75 Å². The fourth-order valence-corrected chi connectivity index (χ4v) is 2.73. The predicted octanol–water partition coefficient (Wildman–Crippen LogP) is 2.28. The number of nitrogens with zero attached hydrogens (tertiary/aromatic N) is 1. The molecule has 0 saturated heterocycles. The number of rotatable bonds is 3. The quantitative estimate of drug-likeness (QED) is 0.946. The van der Waals surface area contributed by atoms with Gasteiger partial charge in [0.25, 0.3) is 5.91 Å². The summed E-state index contributed by atoms with van der Waals surface area (Å²) in [6, 6.07) is 13.1. The van der Waals surface area contributed by atoms with Gasteiger partial charge in [0.15, 0.2) is 0 Å². The van der Waals surface area contributed by atoms with E-state index in [1.807, 2.05) is 43.3 Å². The maximum absolute atomic E-state index is 12.5. The Balaban J connectivity index is 2.05. The Hall–Kier alpha value is -2.82. The molecule has 0 atom stereocenters. The molecule has 23 heavy (non-hydrogen) atoms. The van der Waals surface area contributed by atoms with Gasteiger partial charge in [-0.3, -0.25) is 9.59 Å². The maximum Gasteiger partial charge on any atom is 0.253 e. The zero-order valence-electron chi connectivity index (χ0n) is 13.1. The first-order chi connectivity index (χ1) is 11.1. The predicted molar refractivity (Wildman–Crippen MR) is 87.7 cm³/mol. The summed E-state index contributed by atoms with van der Waals surface area (Å²) in [6.45, 7) is 2.26. The molecule has 3 rings (SSSR count). The molecule has 118 valence electrons. The average molecular weight is 310 g/mol. The number of para-hydroxylation sites is 1. The number of amides is 2. The molecule has 1 heterocycles. The molecule has 2 amide bonds. The number of benzene rings is 2. The van der Waals surface area contributed by atoms with Gasteiger partial charge in [0.05, 0.1) is 31.5 Å². The van der Waals surface area contributed by atoms with Crippen LogP contribution in [0.1, 0.15) is 21.5 Å². The molecule has 5 nitrogen and oxygen atoms in total. The minimum atomic E-state index is -0.223. The van der Waals surface area contributed by atoms with Crippen LogP contribution in [0.15, 0.2) is 42.5 Å². The van der Waals surface area contributed by atoms with Gasteiger partial charge in [-0.1, -0.05) is 29.8 Å². The molecule has 2 aromatic rings. The molecule has 2 aromatic carbocycles. The van der Waals surface area contributed by atoms with Crippen molar-refractivity contribution in [1.29, 1.82) is 0 Å². The van der Waals surface area contributed by atoms with Crippen LogP contribution in [0.4, 0.5) is 5.69 Å². The molecule has 0 spiro atoms. The summed E-state index contributed by atoms with van der Waals surface area (Å²) in [5.41, 5.74) is 3.02. The summed E-state index contributed by atoms with van der Waals surface area (Å²) in [6.07, 6.45) is 0. The third-order valence-electron chi connectivity index (χ3n) is 3.91. The number of hydrogen-bond donors (Lipinski definition) is 1. The first-order valence-electron chi connectivity index (χ1n) is 7.41. The molecule has 0 radical (unpaired) electrons. The first-order valence-corrected chi connectivity index (χ1v) is 7.41. The van der Waals surface area contributed by atoms with Crippen LogP contribution in [0.25, 0.3) is 0 Å². The van der Waals surface area contributed by atoms with Crippen molar-refractivity contribution in [2.75, 3.05) is 18.6 Å². The van der Waals surface area contributed by atoms with Gasteiger partial charge < -0.3 is 15.0 Å². The number of nitrogens with one attached hydrogen (secondary N) is 1. The second-order valence-corrected chi connectivity index (χ2v) is 5.50. The molecule has 0 fully saturated rings. The van der Waals surface area contributed by atoms with Crippen molar-refractivity contribution in [1.82, 2.24) is 5.32 Å². The summed E-state index contributed by atoms with van der Waals surface area (Å²) in [5.74, 6) is 0.351. The van der Waals surface area contributed by atoms with E-state index in [-0.39, 0.29) is 18.4 Å². The summed E-state index contributed by atoms with van der Waals surface area (Å²) in [7, 11) is 1.60. The molecule has 0 aliphatic carbocycles. The Morgan fingerprint density at radius 3 is 2.74 bits per heavy atom. The molecular formula is C18H18N2O3. The fourth-order valence-electron chi connectivity index (χ4n) is 2.73. The van der Waals surface area contributed by atoms with Crippen LogP contribution in [0.3, 0.4) is 0 Å². The molecule has 0 saturated carbocycles. The van der Waals surface area contributed by atoms with Gasteiger partial charge in [-0.2, -0.15) is 0 Å². The Morgan fingerprint density at radius 2 is 1.96 bits per heavy atom. The summed E-state index contributed by atoms with van der Waals surface area (Å²) in [4.78, 5) is 26.3. The van der Waals surface area contributed by atoms with Gasteiger partial charge >= 0.3 is 0 Å². The van der Waals surface area contributed by atoms with Gasteiger partial charge in [0, 0.05) is 5.56 Å². The Kier molecular flexibility index (Phi) is 4.02. The van der Waals surface area contributed by atoms with Crippen LogP contribution in [-0.2, 0) is 11.3 Å². The first kappa shape index (κ1) is 15.1. The number of hydrogen-bond acceptors (Lipinski definition) is 3. The maximum atomic E-state index is 12.5. The van der Waals surface area contributed by atoms with E-state index in [0.29, 0.717) is 17.8 Å². The molecule has 0 aromatic heterocycles. The second kappa shape index (κ2) is 6.12. The minimum absolute atomic E-state index is 0.0122. The Labute approximate surface area is 134 Å². The normalized spacial score (nSPS) is 14.1. The van der Waals surface area contributed by atoms with Crippen LogP contribution >= 0.6 is 0 Å². The van der Waals surface area contributed by atoms with E-state index < -0.39 is 0 Å². The third kappa shape index (κ3) is 2.90. The highest BCUT2D eigenvalue weighted by atomic mass is 16.5. The minimum Gasteiger partial charge on any atom is -0.496 e. The van der Waals surface area contributed by atoms with E-state index in [1.165, 1.54) is 0 Å². The highest BCUT2D eigenvalue weighted by Crippen LogP contribution is 2.28. The molecule has 1 aliphatic rings. The Morgan fingerprint density at radius 1 is 1.17 bits per heavy atom. The number of methoxy groups -OCH3 is 1. The van der Waals surface area contributed by atoms with Crippen molar-refractivity contribution in [3.63, 3.8) is 0 Å². The van der Waals surface area contributed by atoms with Crippen molar-refractivity contribution < 1.29 is 14.3 Å². The molecule has 0 bridgehead atoms. The van der Waals surface area contributed by atoms with Gasteiger partial charge in [0.2, 0.25) is 5.91 Å². The largest absolute Gasteiger partial charge is 0.496 e. The molecule has 0 unspecified atom stereocenters. The number of fused-ring (bicyclic) bond motifs is 1. The van der Waals surface area contributed by atoms with E-state index in [9.17, 15) is 9.59 Å². The fraction of sp³-hybridized carbons (Fsp3) is 0.222. The zero-order chi connectivity index (χ0) is 16.4. The number of anilines is 1. The number of carbonyl (C=O) groups is 2. The lowest BCUT2D eigenvalue weighted by atomic mass is 10.1. The van der Waals surface area contributed by atoms with Gasteiger partial charge in [-0.05, 0) is 25.1 Å². The average Bonchev–Trinajstić information content (AvgIpc) is 2.67. The highest BCUT2D eigenvalue weighted by molar-refractivity contribution is 6.09. The van der Waals surface area contributed by atoms with Crippen LogP contribution in [0.5, 0.6) is 5.75 Å². The Bertz CT molecular complexity index is 771. The standard InChI is InChI=1S/C18H18N2O3/c1-12-7-8-15-14(9-12)18(22)19-10-17(21)20(15)11-13-5-3-4-6-16(13)23-2/h3-9H,10-11H2,1-2H3,(H,19,22). The van der Waals surface area contributed by atoms with E-state index in [0.717, 1.165) is 16.9 Å². The van der Waals surface area contributed by atoms with Gasteiger partial charge in [-0.15, -0.1) is 0 Å². The zero-order valence-corrected chi connectivity index (χ0v) is 13.1. The summed E-state index contributed by atoms with van der Waals surface area (Å²) in [5, 5.41) is 2.66.